The van der Waals surface area contributed by atoms with Crippen LogP contribution in [0.3, 0.4) is 0 Å². The minimum absolute atomic E-state index is 0.948. The molecule has 0 N–H and O–H groups in total. The van der Waals surface area contributed by atoms with E-state index in [2.05, 4.69) is 70.0 Å². The van der Waals surface area contributed by atoms with Crippen LogP contribution in [0.2, 0.25) is 0 Å². The minimum Gasteiger partial charge on any atom is -0.0880 e. The maximum atomic E-state index is 3.57. The first-order chi connectivity index (χ1) is 6.67. The third kappa shape index (κ3) is 3.25. The van der Waals surface area contributed by atoms with Gasteiger partial charge in [0.1, 0.15) is 0 Å². The Morgan fingerprint density at radius 1 is 1.43 bits per heavy atom. The normalized spacial score (nSPS) is 11.9. The van der Waals surface area contributed by atoms with Gasteiger partial charge in [0.25, 0.3) is 0 Å². The van der Waals surface area contributed by atoms with Gasteiger partial charge < -0.3 is 0 Å². The lowest BCUT2D eigenvalue weighted by molar-refractivity contribution is 1.12. The number of alkyl halides is 1. The molecule has 0 saturated heterocycles. The third-order valence-electron chi connectivity index (χ3n) is 2.14. The van der Waals surface area contributed by atoms with Crippen LogP contribution in [-0.2, 0) is 0 Å². The Bertz CT molecular complexity index is 334. The van der Waals surface area contributed by atoms with E-state index in [1.807, 2.05) is 0 Å². The van der Waals surface area contributed by atoms with Gasteiger partial charge in [-0.3, -0.25) is 0 Å². The van der Waals surface area contributed by atoms with Crippen molar-refractivity contribution < 1.29 is 0 Å². The molecule has 1 aromatic rings. The average molecular weight is 318 g/mol. The third-order valence-corrected chi connectivity index (χ3v) is 3.55. The van der Waals surface area contributed by atoms with Crippen LogP contribution >= 0.6 is 31.9 Å². The molecule has 0 amide bonds. The first-order valence-electron chi connectivity index (χ1n) is 4.69. The van der Waals surface area contributed by atoms with Crippen molar-refractivity contribution in [2.75, 3.05) is 5.33 Å². The molecule has 0 unspecified atom stereocenters. The number of halogens is 2. The second-order valence-corrected chi connectivity index (χ2v) is 4.73. The molecule has 0 radical (unpaired) electrons. The molecule has 0 fully saturated rings. The predicted octanol–water partition coefficient (Wildman–Crippen LogP) is 4.95. The van der Waals surface area contributed by atoms with E-state index in [0.717, 1.165) is 11.8 Å². The molecule has 0 spiro atoms. The van der Waals surface area contributed by atoms with Crippen LogP contribution in [0.1, 0.15) is 24.5 Å². The fourth-order valence-corrected chi connectivity index (χ4v) is 2.37. The van der Waals surface area contributed by atoms with Crippen molar-refractivity contribution in [2.45, 2.75) is 20.3 Å². The fraction of sp³-hybridized carbons (Fsp3) is 0.333. The number of hydrogen-bond acceptors (Lipinski definition) is 0. The van der Waals surface area contributed by atoms with E-state index in [4.69, 9.17) is 0 Å². The van der Waals surface area contributed by atoms with Gasteiger partial charge >= 0.3 is 0 Å². The topological polar surface area (TPSA) is 0 Å². The molecule has 14 heavy (non-hydrogen) atoms. The van der Waals surface area contributed by atoms with Gasteiger partial charge in [0.2, 0.25) is 0 Å². The zero-order valence-corrected chi connectivity index (χ0v) is 11.7. The van der Waals surface area contributed by atoms with Crippen molar-refractivity contribution in [3.8, 4) is 0 Å². The smallest absolute Gasteiger partial charge is 0.0250 e. The van der Waals surface area contributed by atoms with Crippen LogP contribution in [0.15, 0.2) is 28.2 Å². The molecule has 0 aliphatic rings. The maximum absolute atomic E-state index is 3.57. The molecule has 1 rings (SSSR count). The molecule has 0 bridgehead atoms. The van der Waals surface area contributed by atoms with E-state index in [0.29, 0.717) is 0 Å². The Hall–Kier alpha value is -0.0800. The van der Waals surface area contributed by atoms with Crippen molar-refractivity contribution in [1.29, 1.82) is 0 Å². The Morgan fingerprint density at radius 3 is 2.64 bits per heavy atom. The van der Waals surface area contributed by atoms with E-state index in [1.54, 1.807) is 0 Å². The highest BCUT2D eigenvalue weighted by atomic mass is 79.9. The number of benzene rings is 1. The monoisotopic (exact) mass is 316 g/mol. The summed E-state index contributed by atoms with van der Waals surface area (Å²) in [5.74, 6) is 0. The fourth-order valence-electron chi connectivity index (χ4n) is 1.20. The van der Waals surface area contributed by atoms with Crippen molar-refractivity contribution in [3.63, 3.8) is 0 Å². The largest absolute Gasteiger partial charge is 0.0880 e. The first-order valence-corrected chi connectivity index (χ1v) is 6.60. The Balaban J connectivity index is 3.02. The molecule has 2 heteroatoms. The quantitative estimate of drug-likeness (QED) is 0.692. The zero-order valence-electron chi connectivity index (χ0n) is 8.48. The van der Waals surface area contributed by atoms with Crippen LogP contribution < -0.4 is 0 Å². The van der Waals surface area contributed by atoms with Gasteiger partial charge in [-0.25, -0.2) is 0 Å². The number of hydrogen-bond donors (Lipinski definition) is 0. The second-order valence-electron chi connectivity index (χ2n) is 3.31. The van der Waals surface area contributed by atoms with Gasteiger partial charge in [-0.2, -0.15) is 0 Å². The lowest BCUT2D eigenvalue weighted by Crippen LogP contribution is -1.84. The molecular formula is C12H14Br2. The van der Waals surface area contributed by atoms with E-state index in [1.165, 1.54) is 21.2 Å². The van der Waals surface area contributed by atoms with E-state index in [9.17, 15) is 0 Å². The molecule has 0 heterocycles. The van der Waals surface area contributed by atoms with Gasteiger partial charge in [0.05, 0.1) is 0 Å². The number of aryl methyl sites for hydroxylation is 1. The lowest BCUT2D eigenvalue weighted by atomic mass is 10.1. The standard InChI is InChI=1S/C12H14Br2/c1-3-10(8-13)7-11-5-4-9(2)6-12(11)14/h4-7H,3,8H2,1-2H3/b10-7-. The average Bonchev–Trinajstić information content (AvgIpc) is 2.17. The number of allylic oxidation sites excluding steroid dienone is 1. The summed E-state index contributed by atoms with van der Waals surface area (Å²) in [6, 6.07) is 6.43. The summed E-state index contributed by atoms with van der Waals surface area (Å²) in [6.07, 6.45) is 3.32. The van der Waals surface area contributed by atoms with E-state index < -0.39 is 0 Å². The zero-order chi connectivity index (χ0) is 10.6. The molecule has 0 aliphatic heterocycles. The summed E-state index contributed by atoms with van der Waals surface area (Å²) in [7, 11) is 0. The van der Waals surface area contributed by atoms with Gasteiger partial charge in [0, 0.05) is 9.80 Å². The van der Waals surface area contributed by atoms with Crippen LogP contribution in [0.4, 0.5) is 0 Å². The highest BCUT2D eigenvalue weighted by Crippen LogP contribution is 2.22. The summed E-state index contributed by atoms with van der Waals surface area (Å²) in [5, 5.41) is 0.948. The van der Waals surface area contributed by atoms with Crippen molar-refractivity contribution in [1.82, 2.24) is 0 Å². The van der Waals surface area contributed by atoms with Crippen LogP contribution in [0, 0.1) is 6.92 Å². The van der Waals surface area contributed by atoms with Gasteiger partial charge in [-0.05, 0) is 30.5 Å². The SMILES string of the molecule is CC/C(=C/c1ccc(C)cc1Br)CBr. The molecular weight excluding hydrogens is 304 g/mol. The maximum Gasteiger partial charge on any atom is 0.0250 e. The highest BCUT2D eigenvalue weighted by Gasteiger charge is 1.98. The van der Waals surface area contributed by atoms with E-state index >= 15 is 0 Å². The predicted molar refractivity (Wildman–Crippen MR) is 70.9 cm³/mol. The summed E-state index contributed by atoms with van der Waals surface area (Å²) in [6.45, 7) is 4.28. The second kappa shape index (κ2) is 5.72. The van der Waals surface area contributed by atoms with Gasteiger partial charge in [-0.1, -0.05) is 62.6 Å². The molecule has 0 saturated carbocycles. The first kappa shape index (κ1) is 12.0. The van der Waals surface area contributed by atoms with Crippen LogP contribution in [0.25, 0.3) is 6.08 Å². The van der Waals surface area contributed by atoms with Gasteiger partial charge in [-0.15, -0.1) is 0 Å². The van der Waals surface area contributed by atoms with E-state index in [-0.39, 0.29) is 0 Å². The number of rotatable bonds is 3. The molecule has 0 aliphatic carbocycles. The van der Waals surface area contributed by atoms with Crippen LogP contribution in [-0.4, -0.2) is 5.33 Å². The Kier molecular flexibility index (Phi) is 4.90. The van der Waals surface area contributed by atoms with Crippen molar-refractivity contribution >= 4 is 37.9 Å². The van der Waals surface area contributed by atoms with Crippen molar-refractivity contribution in [2.24, 2.45) is 0 Å². The molecule has 0 atom stereocenters. The summed E-state index contributed by atoms with van der Waals surface area (Å²) >= 11 is 7.06. The lowest BCUT2D eigenvalue weighted by Gasteiger charge is -2.03. The molecule has 0 aromatic heterocycles. The molecule has 76 valence electrons. The summed E-state index contributed by atoms with van der Waals surface area (Å²) in [5.41, 5.74) is 3.95. The summed E-state index contributed by atoms with van der Waals surface area (Å²) < 4.78 is 1.17. The summed E-state index contributed by atoms with van der Waals surface area (Å²) in [4.78, 5) is 0. The Labute approximate surface area is 103 Å². The van der Waals surface area contributed by atoms with Crippen LogP contribution in [0.5, 0.6) is 0 Å². The molecule has 0 nitrogen and oxygen atoms in total. The molecule has 1 aromatic carbocycles. The van der Waals surface area contributed by atoms with Crippen molar-refractivity contribution in [3.05, 3.63) is 39.4 Å². The Morgan fingerprint density at radius 2 is 2.14 bits per heavy atom. The highest BCUT2D eigenvalue weighted by molar-refractivity contribution is 9.10. The minimum atomic E-state index is 0.948. The van der Waals surface area contributed by atoms with Gasteiger partial charge in [0.15, 0.2) is 0 Å².